The molecular weight excluding hydrogens is 625 g/mol. The molecule has 51 heavy (non-hydrogen) atoms. The Labute approximate surface area is 292 Å². The zero-order valence-electron chi connectivity index (χ0n) is 27.4. The Morgan fingerprint density at radius 3 is 1.71 bits per heavy atom. The lowest BCUT2D eigenvalue weighted by molar-refractivity contribution is 0.666. The van der Waals surface area contributed by atoms with Crippen LogP contribution >= 0.6 is 0 Å². The molecule has 0 atom stereocenters. The van der Waals surface area contributed by atoms with Gasteiger partial charge in [-0.2, -0.15) is 0 Å². The van der Waals surface area contributed by atoms with Gasteiger partial charge in [0.05, 0.1) is 27.8 Å². The van der Waals surface area contributed by atoms with Crippen molar-refractivity contribution in [3.63, 3.8) is 0 Å². The van der Waals surface area contributed by atoms with Crippen molar-refractivity contribution in [1.82, 2.24) is 19.1 Å². The van der Waals surface area contributed by atoms with Crippen LogP contribution in [0.15, 0.2) is 174 Å². The van der Waals surface area contributed by atoms with Gasteiger partial charge in [0.1, 0.15) is 16.8 Å². The summed E-state index contributed by atoms with van der Waals surface area (Å²) in [5.41, 5.74) is 11.7. The number of nitrogens with zero attached hydrogens (tertiary/aromatic N) is 4. The molecule has 0 aliphatic rings. The Bertz CT molecular complexity index is 3090. The molecule has 7 aromatic carbocycles. The minimum Gasteiger partial charge on any atom is -0.452 e. The zero-order valence-corrected chi connectivity index (χ0v) is 27.4. The maximum atomic E-state index is 6.67. The number of hydrogen-bond donors (Lipinski definition) is 0. The first-order valence-corrected chi connectivity index (χ1v) is 17.2. The Morgan fingerprint density at radius 1 is 0.412 bits per heavy atom. The van der Waals surface area contributed by atoms with Crippen molar-refractivity contribution >= 4 is 65.7 Å². The molecule has 11 rings (SSSR count). The molecule has 4 aromatic heterocycles. The van der Waals surface area contributed by atoms with Crippen LogP contribution in [0.1, 0.15) is 0 Å². The first-order valence-electron chi connectivity index (χ1n) is 17.2. The highest BCUT2D eigenvalue weighted by molar-refractivity contribution is 6.13. The van der Waals surface area contributed by atoms with Crippen molar-refractivity contribution in [3.8, 4) is 34.0 Å². The molecule has 0 aliphatic carbocycles. The van der Waals surface area contributed by atoms with Crippen LogP contribution in [0.25, 0.3) is 99.7 Å². The highest BCUT2D eigenvalue weighted by Gasteiger charge is 2.24. The molecule has 0 N–H and O–H groups in total. The standard InChI is InChI=1S/C46H28N4O/c1-2-14-29(15-3-1)30-26-27-34-33-18-4-9-21-37(33)49(41(34)28-30)40-24-12-7-19-35(40)43-45-44(36-20-8-13-25-42(36)51-45)48-46(47-43)50-38-22-10-5-16-31(38)32-17-6-11-23-39(32)50/h1-28H. The Hall–Kier alpha value is -6.98. The SMILES string of the molecule is c1ccc(-c2ccc3c4ccccc4n(-c4ccccc4-c4nc(-n5c6ccccc6c6ccccc65)nc5c4oc4ccccc45)c3c2)cc1. The summed E-state index contributed by atoms with van der Waals surface area (Å²) in [7, 11) is 0. The molecule has 0 unspecified atom stereocenters. The molecule has 5 heteroatoms. The zero-order chi connectivity index (χ0) is 33.5. The number of aromatic nitrogens is 4. The molecule has 0 bridgehead atoms. The molecule has 0 saturated carbocycles. The quantitative estimate of drug-likeness (QED) is 0.190. The summed E-state index contributed by atoms with van der Waals surface area (Å²) in [6.45, 7) is 0. The first kappa shape index (κ1) is 27.9. The predicted molar refractivity (Wildman–Crippen MR) is 209 cm³/mol. The Kier molecular flexibility index (Phi) is 5.89. The van der Waals surface area contributed by atoms with E-state index < -0.39 is 0 Å². The first-order chi connectivity index (χ1) is 25.3. The number of furan rings is 1. The third-order valence-corrected chi connectivity index (χ3v) is 10.2. The van der Waals surface area contributed by atoms with Crippen LogP contribution in [0.5, 0.6) is 0 Å². The second kappa shape index (κ2) is 10.8. The molecule has 0 amide bonds. The van der Waals surface area contributed by atoms with Crippen molar-refractivity contribution in [2.45, 2.75) is 0 Å². The van der Waals surface area contributed by atoms with E-state index in [1.165, 1.54) is 21.9 Å². The normalized spacial score (nSPS) is 11.9. The summed E-state index contributed by atoms with van der Waals surface area (Å²) in [4.78, 5) is 10.7. The van der Waals surface area contributed by atoms with E-state index in [1.807, 2.05) is 18.2 Å². The van der Waals surface area contributed by atoms with Gasteiger partial charge in [-0.3, -0.25) is 4.57 Å². The summed E-state index contributed by atoms with van der Waals surface area (Å²) >= 11 is 0. The molecule has 0 aliphatic heterocycles. The van der Waals surface area contributed by atoms with Crippen molar-refractivity contribution in [2.24, 2.45) is 0 Å². The van der Waals surface area contributed by atoms with Gasteiger partial charge in [0, 0.05) is 32.5 Å². The number of rotatable bonds is 4. The van der Waals surface area contributed by atoms with Gasteiger partial charge in [-0.05, 0) is 53.6 Å². The second-order valence-corrected chi connectivity index (χ2v) is 13.0. The fraction of sp³-hybridized carbons (Fsp3) is 0. The molecule has 0 spiro atoms. The van der Waals surface area contributed by atoms with Crippen molar-refractivity contribution < 1.29 is 4.42 Å². The summed E-state index contributed by atoms with van der Waals surface area (Å²) in [5.74, 6) is 0.602. The Morgan fingerprint density at radius 2 is 0.980 bits per heavy atom. The van der Waals surface area contributed by atoms with E-state index in [-0.39, 0.29) is 0 Å². The maximum Gasteiger partial charge on any atom is 0.236 e. The van der Waals surface area contributed by atoms with Crippen LogP contribution in [0.3, 0.4) is 0 Å². The lowest BCUT2D eigenvalue weighted by atomic mass is 10.0. The summed E-state index contributed by atoms with van der Waals surface area (Å²) in [6.07, 6.45) is 0. The monoisotopic (exact) mass is 652 g/mol. The van der Waals surface area contributed by atoms with E-state index in [4.69, 9.17) is 14.4 Å². The topological polar surface area (TPSA) is 48.8 Å². The van der Waals surface area contributed by atoms with E-state index in [9.17, 15) is 0 Å². The van der Waals surface area contributed by atoms with E-state index >= 15 is 0 Å². The molecule has 5 nitrogen and oxygen atoms in total. The molecular formula is C46H28N4O. The average molecular weight is 653 g/mol. The van der Waals surface area contributed by atoms with E-state index in [0.717, 1.165) is 66.3 Å². The van der Waals surface area contributed by atoms with Gasteiger partial charge in [-0.1, -0.05) is 127 Å². The third kappa shape index (κ3) is 4.09. The van der Waals surface area contributed by atoms with Crippen molar-refractivity contribution in [3.05, 3.63) is 170 Å². The fourth-order valence-corrected chi connectivity index (χ4v) is 7.91. The van der Waals surface area contributed by atoms with Gasteiger partial charge < -0.3 is 8.98 Å². The van der Waals surface area contributed by atoms with E-state index in [0.29, 0.717) is 11.5 Å². The predicted octanol–water partition coefficient (Wildman–Crippen LogP) is 11.9. The minimum atomic E-state index is 0.602. The van der Waals surface area contributed by atoms with Crippen LogP contribution in [-0.4, -0.2) is 19.1 Å². The van der Waals surface area contributed by atoms with Gasteiger partial charge in [0.25, 0.3) is 0 Å². The van der Waals surface area contributed by atoms with Crippen molar-refractivity contribution in [2.75, 3.05) is 0 Å². The summed E-state index contributed by atoms with van der Waals surface area (Å²) < 4.78 is 11.2. The van der Waals surface area contributed by atoms with Gasteiger partial charge in [-0.15, -0.1) is 0 Å². The molecule has 4 heterocycles. The molecule has 0 saturated heterocycles. The second-order valence-electron chi connectivity index (χ2n) is 13.0. The molecule has 11 aromatic rings. The fourth-order valence-electron chi connectivity index (χ4n) is 7.91. The van der Waals surface area contributed by atoms with Crippen LogP contribution < -0.4 is 0 Å². The molecule has 0 radical (unpaired) electrons. The van der Waals surface area contributed by atoms with Gasteiger partial charge in [0.15, 0.2) is 5.58 Å². The number of benzene rings is 7. The molecule has 238 valence electrons. The lowest BCUT2D eigenvalue weighted by Crippen LogP contribution is -2.04. The number of hydrogen-bond acceptors (Lipinski definition) is 3. The van der Waals surface area contributed by atoms with Crippen LogP contribution in [-0.2, 0) is 0 Å². The van der Waals surface area contributed by atoms with Gasteiger partial charge >= 0.3 is 0 Å². The van der Waals surface area contributed by atoms with Gasteiger partial charge in [0.2, 0.25) is 5.95 Å². The average Bonchev–Trinajstić information content (AvgIpc) is 3.85. The van der Waals surface area contributed by atoms with Gasteiger partial charge in [-0.25, -0.2) is 9.97 Å². The largest absolute Gasteiger partial charge is 0.452 e. The highest BCUT2D eigenvalue weighted by atomic mass is 16.3. The molecule has 0 fully saturated rings. The summed E-state index contributed by atoms with van der Waals surface area (Å²) in [6, 6.07) is 59.6. The van der Waals surface area contributed by atoms with Crippen LogP contribution in [0.4, 0.5) is 0 Å². The van der Waals surface area contributed by atoms with E-state index in [1.54, 1.807) is 0 Å². The third-order valence-electron chi connectivity index (χ3n) is 10.2. The van der Waals surface area contributed by atoms with Crippen molar-refractivity contribution in [1.29, 1.82) is 0 Å². The summed E-state index contributed by atoms with van der Waals surface area (Å²) in [5, 5.41) is 5.68. The lowest BCUT2D eigenvalue weighted by Gasteiger charge is -2.15. The smallest absolute Gasteiger partial charge is 0.236 e. The van der Waals surface area contributed by atoms with Crippen LogP contribution in [0.2, 0.25) is 0 Å². The Balaban J connectivity index is 1.25. The minimum absolute atomic E-state index is 0.602. The van der Waals surface area contributed by atoms with E-state index in [2.05, 4.69) is 161 Å². The highest BCUT2D eigenvalue weighted by Crippen LogP contribution is 2.41. The number of para-hydroxylation sites is 5. The maximum absolute atomic E-state index is 6.67. The number of fused-ring (bicyclic) bond motifs is 9. The van der Waals surface area contributed by atoms with Crippen LogP contribution in [0, 0.1) is 0 Å².